The van der Waals surface area contributed by atoms with Crippen molar-refractivity contribution in [3.05, 3.63) is 0 Å². The smallest absolute Gasteiger partial charge is 0.153 e. The topological polar surface area (TPSA) is 46.2 Å². The van der Waals surface area contributed by atoms with Crippen molar-refractivity contribution in [1.29, 1.82) is 0 Å². The van der Waals surface area contributed by atoms with Gasteiger partial charge in [0.25, 0.3) is 0 Å². The molecule has 1 aliphatic carbocycles. The van der Waals surface area contributed by atoms with Gasteiger partial charge < -0.3 is 5.32 Å². The highest BCUT2D eigenvalue weighted by Crippen LogP contribution is 2.25. The third kappa shape index (κ3) is 4.06. The van der Waals surface area contributed by atoms with Crippen molar-refractivity contribution in [2.75, 3.05) is 12.3 Å². The first-order valence-corrected chi connectivity index (χ1v) is 8.26. The maximum absolute atomic E-state index is 12.0. The van der Waals surface area contributed by atoms with E-state index in [0.29, 0.717) is 11.8 Å². The van der Waals surface area contributed by atoms with Crippen molar-refractivity contribution in [2.24, 2.45) is 0 Å². The van der Waals surface area contributed by atoms with Gasteiger partial charge in [0.15, 0.2) is 9.84 Å². The molecule has 0 aromatic rings. The number of rotatable bonds is 6. The van der Waals surface area contributed by atoms with Gasteiger partial charge in [-0.15, -0.1) is 0 Å². The molecule has 4 heteroatoms. The molecular weight excluding hydrogens is 222 g/mol. The van der Waals surface area contributed by atoms with Gasteiger partial charge in [0.1, 0.15) is 0 Å². The Hall–Kier alpha value is -0.0900. The van der Waals surface area contributed by atoms with Crippen LogP contribution in [0.5, 0.6) is 0 Å². The van der Waals surface area contributed by atoms with Crippen LogP contribution >= 0.6 is 0 Å². The SMILES string of the molecule is CCCNC1CCCC(S(=O)(=O)CCC)C1. The maximum Gasteiger partial charge on any atom is 0.153 e. The number of sulfone groups is 1. The van der Waals surface area contributed by atoms with Crippen LogP contribution in [0, 0.1) is 0 Å². The Balaban J connectivity index is 2.49. The zero-order valence-electron chi connectivity index (χ0n) is 10.5. The first-order chi connectivity index (χ1) is 7.60. The second-order valence-corrected chi connectivity index (χ2v) is 7.21. The largest absolute Gasteiger partial charge is 0.314 e. The van der Waals surface area contributed by atoms with Gasteiger partial charge in [0, 0.05) is 6.04 Å². The first kappa shape index (κ1) is 14.0. The molecule has 1 saturated carbocycles. The van der Waals surface area contributed by atoms with E-state index in [4.69, 9.17) is 0 Å². The third-order valence-electron chi connectivity index (χ3n) is 3.31. The number of hydrogen-bond acceptors (Lipinski definition) is 3. The highest BCUT2D eigenvalue weighted by Gasteiger charge is 2.30. The van der Waals surface area contributed by atoms with Gasteiger partial charge >= 0.3 is 0 Å². The Bertz CT molecular complexity index is 287. The fourth-order valence-electron chi connectivity index (χ4n) is 2.46. The molecule has 1 N–H and O–H groups in total. The number of hydrogen-bond donors (Lipinski definition) is 1. The van der Waals surface area contributed by atoms with Crippen LogP contribution in [0.2, 0.25) is 0 Å². The van der Waals surface area contributed by atoms with Crippen molar-refractivity contribution in [3.8, 4) is 0 Å². The van der Waals surface area contributed by atoms with Gasteiger partial charge in [0.05, 0.1) is 11.0 Å². The Morgan fingerprint density at radius 2 is 1.94 bits per heavy atom. The fourth-order valence-corrected chi connectivity index (χ4v) is 4.41. The molecule has 2 unspecified atom stereocenters. The van der Waals surface area contributed by atoms with Crippen LogP contribution in [-0.2, 0) is 9.84 Å². The van der Waals surface area contributed by atoms with Gasteiger partial charge in [-0.05, 0) is 38.6 Å². The second-order valence-electron chi connectivity index (χ2n) is 4.81. The molecule has 0 aromatic carbocycles. The Labute approximate surface area is 99.9 Å². The van der Waals surface area contributed by atoms with E-state index in [9.17, 15) is 8.42 Å². The number of nitrogens with one attached hydrogen (secondary N) is 1. The summed E-state index contributed by atoms with van der Waals surface area (Å²) in [6.45, 7) is 5.08. The summed E-state index contributed by atoms with van der Waals surface area (Å²) in [4.78, 5) is 0. The summed E-state index contributed by atoms with van der Waals surface area (Å²) < 4.78 is 24.0. The van der Waals surface area contributed by atoms with E-state index in [1.54, 1.807) is 0 Å². The Morgan fingerprint density at radius 1 is 1.19 bits per heavy atom. The minimum atomic E-state index is -2.83. The molecule has 1 rings (SSSR count). The zero-order chi connectivity index (χ0) is 12.0. The quantitative estimate of drug-likeness (QED) is 0.782. The summed E-state index contributed by atoms with van der Waals surface area (Å²) in [5.74, 6) is 0.359. The molecule has 0 aliphatic heterocycles. The van der Waals surface area contributed by atoms with Crippen LogP contribution in [0.3, 0.4) is 0 Å². The Kier molecular flexibility index (Phi) is 5.76. The predicted octanol–water partition coefficient (Wildman–Crippen LogP) is 2.12. The van der Waals surface area contributed by atoms with E-state index in [-0.39, 0.29) is 5.25 Å². The van der Waals surface area contributed by atoms with E-state index in [0.717, 1.165) is 45.1 Å². The van der Waals surface area contributed by atoms with Crippen LogP contribution in [-0.4, -0.2) is 32.0 Å². The van der Waals surface area contributed by atoms with Gasteiger partial charge in [-0.2, -0.15) is 0 Å². The van der Waals surface area contributed by atoms with Crippen LogP contribution in [0.1, 0.15) is 52.4 Å². The zero-order valence-corrected chi connectivity index (χ0v) is 11.4. The van der Waals surface area contributed by atoms with Crippen LogP contribution in [0.15, 0.2) is 0 Å². The van der Waals surface area contributed by atoms with Crippen LogP contribution in [0.25, 0.3) is 0 Å². The third-order valence-corrected chi connectivity index (χ3v) is 5.73. The van der Waals surface area contributed by atoms with Gasteiger partial charge in [-0.3, -0.25) is 0 Å². The maximum atomic E-state index is 12.0. The molecule has 96 valence electrons. The molecule has 16 heavy (non-hydrogen) atoms. The molecule has 1 fully saturated rings. The van der Waals surface area contributed by atoms with Crippen LogP contribution < -0.4 is 5.32 Å². The summed E-state index contributed by atoms with van der Waals surface area (Å²) >= 11 is 0. The summed E-state index contributed by atoms with van der Waals surface area (Å²) in [7, 11) is -2.83. The lowest BCUT2D eigenvalue weighted by molar-refractivity contribution is 0.372. The van der Waals surface area contributed by atoms with Crippen molar-refractivity contribution in [1.82, 2.24) is 5.32 Å². The lowest BCUT2D eigenvalue weighted by atomic mass is 9.95. The van der Waals surface area contributed by atoms with E-state index in [1.807, 2.05) is 6.92 Å². The molecule has 0 bridgehead atoms. The van der Waals surface area contributed by atoms with Crippen molar-refractivity contribution >= 4 is 9.84 Å². The molecule has 0 radical (unpaired) electrons. The lowest BCUT2D eigenvalue weighted by Crippen LogP contribution is -2.39. The monoisotopic (exact) mass is 247 g/mol. The highest BCUT2D eigenvalue weighted by atomic mass is 32.2. The van der Waals surface area contributed by atoms with Crippen molar-refractivity contribution in [3.63, 3.8) is 0 Å². The van der Waals surface area contributed by atoms with E-state index in [1.165, 1.54) is 0 Å². The Morgan fingerprint density at radius 3 is 2.56 bits per heavy atom. The average molecular weight is 247 g/mol. The first-order valence-electron chi connectivity index (χ1n) is 6.55. The minimum Gasteiger partial charge on any atom is -0.314 e. The molecule has 0 saturated heterocycles. The summed E-state index contributed by atoms with van der Waals surface area (Å²) in [6.07, 6.45) is 5.73. The molecule has 0 aromatic heterocycles. The highest BCUT2D eigenvalue weighted by molar-refractivity contribution is 7.92. The summed E-state index contributed by atoms with van der Waals surface area (Å²) in [6, 6.07) is 0.422. The molecule has 1 aliphatic rings. The van der Waals surface area contributed by atoms with Crippen LogP contribution in [0.4, 0.5) is 0 Å². The lowest BCUT2D eigenvalue weighted by Gasteiger charge is -2.29. The van der Waals surface area contributed by atoms with E-state index >= 15 is 0 Å². The molecule has 0 amide bonds. The van der Waals surface area contributed by atoms with Gasteiger partial charge in [-0.1, -0.05) is 20.3 Å². The molecule has 0 heterocycles. The standard InChI is InChI=1S/C12H25NO2S/c1-3-8-13-11-6-5-7-12(10-11)16(14,15)9-4-2/h11-13H,3-10H2,1-2H3. The fraction of sp³-hybridized carbons (Fsp3) is 1.00. The van der Waals surface area contributed by atoms with Gasteiger partial charge in [-0.25, -0.2) is 8.42 Å². The second kappa shape index (κ2) is 6.60. The van der Waals surface area contributed by atoms with Gasteiger partial charge in [0.2, 0.25) is 0 Å². The van der Waals surface area contributed by atoms with Crippen molar-refractivity contribution < 1.29 is 8.42 Å². The van der Waals surface area contributed by atoms with Crippen molar-refractivity contribution in [2.45, 2.75) is 63.7 Å². The molecule has 0 spiro atoms. The average Bonchev–Trinajstić information content (AvgIpc) is 2.27. The van der Waals surface area contributed by atoms with E-state index < -0.39 is 9.84 Å². The normalized spacial score (nSPS) is 26.9. The summed E-state index contributed by atoms with van der Waals surface area (Å²) in [5, 5.41) is 3.36. The van der Waals surface area contributed by atoms with E-state index in [2.05, 4.69) is 12.2 Å². The summed E-state index contributed by atoms with van der Waals surface area (Å²) in [5.41, 5.74) is 0. The molecule has 3 nitrogen and oxygen atoms in total. The minimum absolute atomic E-state index is 0.0874. The molecule has 2 atom stereocenters. The molecular formula is C12H25NO2S. The predicted molar refractivity (Wildman–Crippen MR) is 68.4 cm³/mol.